The summed E-state index contributed by atoms with van der Waals surface area (Å²) in [7, 11) is 0. The Morgan fingerprint density at radius 2 is 1.82 bits per heavy atom. The van der Waals surface area contributed by atoms with Gasteiger partial charge in [0.15, 0.2) is 0 Å². The Labute approximate surface area is 71.5 Å². The van der Waals surface area contributed by atoms with E-state index in [9.17, 15) is 0 Å². The first-order valence-electron chi connectivity index (χ1n) is 3.93. The molecule has 1 nitrogen and oxygen atoms in total. The molecule has 0 aliphatic carbocycles. The van der Waals surface area contributed by atoms with E-state index in [-0.39, 0.29) is 0 Å². The van der Waals surface area contributed by atoms with E-state index in [4.69, 9.17) is 0 Å². The fourth-order valence-electron chi connectivity index (χ4n) is 1.01. The minimum Gasteiger partial charge on any atom is -0.246 e. The maximum absolute atomic E-state index is 2.38. The van der Waals surface area contributed by atoms with Gasteiger partial charge in [-0.25, -0.2) is 4.31 Å². The second-order valence-corrected chi connectivity index (χ2v) is 3.86. The molecule has 0 atom stereocenters. The van der Waals surface area contributed by atoms with Gasteiger partial charge in [-0.3, -0.25) is 0 Å². The van der Waals surface area contributed by atoms with Crippen molar-refractivity contribution in [3.63, 3.8) is 0 Å². The molecule has 0 N–H and O–H groups in total. The Morgan fingerprint density at radius 3 is 2.36 bits per heavy atom. The van der Waals surface area contributed by atoms with Crippen LogP contribution < -0.4 is 0 Å². The molecule has 2 heteroatoms. The van der Waals surface area contributed by atoms with E-state index in [2.05, 4.69) is 34.6 Å². The van der Waals surface area contributed by atoms with E-state index in [0.717, 1.165) is 0 Å². The van der Waals surface area contributed by atoms with Gasteiger partial charge in [0.25, 0.3) is 0 Å². The zero-order valence-electron chi connectivity index (χ0n) is 6.36. The molecule has 0 amide bonds. The van der Waals surface area contributed by atoms with Crippen molar-refractivity contribution in [3.8, 4) is 0 Å². The minimum absolute atomic E-state index is 1.25. The third kappa shape index (κ3) is 1.76. The van der Waals surface area contributed by atoms with Crippen molar-refractivity contribution < 1.29 is 0 Å². The smallest absolute Gasteiger partial charge is 0.0230 e. The summed E-state index contributed by atoms with van der Waals surface area (Å²) in [4.78, 5) is 1.35. The summed E-state index contributed by atoms with van der Waals surface area (Å²) in [6.07, 6.45) is 1.36. The van der Waals surface area contributed by atoms with E-state index in [1.165, 1.54) is 24.4 Å². The maximum Gasteiger partial charge on any atom is 0.0230 e. The van der Waals surface area contributed by atoms with Gasteiger partial charge in [-0.2, -0.15) is 0 Å². The van der Waals surface area contributed by atoms with Crippen LogP contribution in [0.2, 0.25) is 0 Å². The van der Waals surface area contributed by atoms with E-state index in [1.807, 2.05) is 11.9 Å². The summed E-state index contributed by atoms with van der Waals surface area (Å²) < 4.78 is 2.38. The average molecular weight is 165 g/mol. The van der Waals surface area contributed by atoms with Gasteiger partial charge in [0.2, 0.25) is 0 Å². The monoisotopic (exact) mass is 165 g/mol. The zero-order chi connectivity index (χ0) is 7.52. The predicted molar refractivity (Wildman–Crippen MR) is 48.5 cm³/mol. The first kappa shape index (κ1) is 7.19. The number of hydrogen-bond donors (Lipinski definition) is 0. The number of nitrogens with zero attached hydrogens (tertiary/aromatic N) is 1. The molecule has 1 aromatic rings. The van der Waals surface area contributed by atoms with Crippen molar-refractivity contribution in [2.45, 2.75) is 11.3 Å². The summed E-state index contributed by atoms with van der Waals surface area (Å²) in [6, 6.07) is 10.5. The van der Waals surface area contributed by atoms with Crippen LogP contribution in [0.4, 0.5) is 0 Å². The van der Waals surface area contributed by atoms with Crippen LogP contribution >= 0.6 is 11.9 Å². The molecule has 0 saturated carbocycles. The Kier molecular flexibility index (Phi) is 2.15. The molecule has 1 fully saturated rings. The molecule has 1 aromatic carbocycles. The quantitative estimate of drug-likeness (QED) is 0.619. The summed E-state index contributed by atoms with van der Waals surface area (Å²) in [5, 5.41) is 0. The SMILES string of the molecule is c1ccc(SN2CCC2)cc1. The summed E-state index contributed by atoms with van der Waals surface area (Å²) in [5.41, 5.74) is 0. The van der Waals surface area contributed by atoms with E-state index >= 15 is 0 Å². The highest BCUT2D eigenvalue weighted by Gasteiger charge is 2.13. The Bertz CT molecular complexity index is 218. The van der Waals surface area contributed by atoms with E-state index < -0.39 is 0 Å². The highest BCUT2D eigenvalue weighted by atomic mass is 32.2. The third-order valence-electron chi connectivity index (χ3n) is 1.79. The van der Waals surface area contributed by atoms with Crippen molar-refractivity contribution in [1.29, 1.82) is 0 Å². The fraction of sp³-hybridized carbons (Fsp3) is 0.333. The maximum atomic E-state index is 2.38. The van der Waals surface area contributed by atoms with Crippen molar-refractivity contribution in [3.05, 3.63) is 30.3 Å². The molecule has 1 aliphatic rings. The van der Waals surface area contributed by atoms with Gasteiger partial charge < -0.3 is 0 Å². The van der Waals surface area contributed by atoms with Crippen LogP contribution in [0.5, 0.6) is 0 Å². The van der Waals surface area contributed by atoms with E-state index in [0.29, 0.717) is 0 Å². The van der Waals surface area contributed by atoms with Crippen molar-refractivity contribution in [1.82, 2.24) is 4.31 Å². The van der Waals surface area contributed by atoms with Crippen molar-refractivity contribution in [2.24, 2.45) is 0 Å². The molecule has 1 aliphatic heterocycles. The number of hydrogen-bond acceptors (Lipinski definition) is 2. The second-order valence-electron chi connectivity index (χ2n) is 2.69. The highest BCUT2D eigenvalue weighted by Crippen LogP contribution is 2.26. The normalized spacial score (nSPS) is 17.8. The van der Waals surface area contributed by atoms with Gasteiger partial charge in [-0.05, 0) is 30.5 Å². The van der Waals surface area contributed by atoms with Gasteiger partial charge in [0.1, 0.15) is 0 Å². The summed E-state index contributed by atoms with van der Waals surface area (Å²) in [5.74, 6) is 0. The predicted octanol–water partition coefficient (Wildman–Crippen LogP) is 2.40. The second kappa shape index (κ2) is 3.28. The van der Waals surface area contributed by atoms with Crippen molar-refractivity contribution in [2.75, 3.05) is 13.1 Å². The van der Waals surface area contributed by atoms with Gasteiger partial charge in [-0.1, -0.05) is 18.2 Å². The lowest BCUT2D eigenvalue weighted by atomic mass is 10.3. The van der Waals surface area contributed by atoms with Gasteiger partial charge >= 0.3 is 0 Å². The minimum atomic E-state index is 1.25. The molecule has 0 bridgehead atoms. The molecule has 0 radical (unpaired) electrons. The third-order valence-corrected chi connectivity index (χ3v) is 2.90. The standard InChI is InChI=1S/C9H11NS/c1-2-5-9(6-3-1)11-10-7-4-8-10/h1-3,5-6H,4,7-8H2. The highest BCUT2D eigenvalue weighted by molar-refractivity contribution is 7.97. The van der Waals surface area contributed by atoms with Crippen molar-refractivity contribution >= 4 is 11.9 Å². The fourth-order valence-corrected chi connectivity index (χ4v) is 2.03. The molecule has 1 saturated heterocycles. The average Bonchev–Trinajstić information content (AvgIpc) is 1.99. The lowest BCUT2D eigenvalue weighted by molar-refractivity contribution is 0.344. The molecule has 1 heterocycles. The Hall–Kier alpha value is -0.470. The number of rotatable bonds is 2. The van der Waals surface area contributed by atoms with Crippen LogP contribution in [-0.2, 0) is 0 Å². The molecule has 0 aromatic heterocycles. The summed E-state index contributed by atoms with van der Waals surface area (Å²) in [6.45, 7) is 2.50. The molecular formula is C9H11NS. The topological polar surface area (TPSA) is 3.24 Å². The first-order chi connectivity index (χ1) is 5.45. The number of benzene rings is 1. The molecule has 11 heavy (non-hydrogen) atoms. The van der Waals surface area contributed by atoms with E-state index in [1.54, 1.807) is 0 Å². The van der Waals surface area contributed by atoms with Crippen LogP contribution in [0, 0.1) is 0 Å². The van der Waals surface area contributed by atoms with Crippen LogP contribution in [0.1, 0.15) is 6.42 Å². The molecule has 2 rings (SSSR count). The molecule has 0 unspecified atom stereocenters. The van der Waals surface area contributed by atoms with Gasteiger partial charge in [0, 0.05) is 18.0 Å². The molecule has 58 valence electrons. The molecular weight excluding hydrogens is 154 g/mol. The first-order valence-corrected chi connectivity index (χ1v) is 4.70. The van der Waals surface area contributed by atoms with Gasteiger partial charge in [0.05, 0.1) is 0 Å². The van der Waals surface area contributed by atoms with Crippen LogP contribution in [-0.4, -0.2) is 17.4 Å². The zero-order valence-corrected chi connectivity index (χ0v) is 7.18. The molecule has 0 spiro atoms. The largest absolute Gasteiger partial charge is 0.246 e. The Balaban J connectivity index is 1.95. The van der Waals surface area contributed by atoms with Crippen LogP contribution in [0.25, 0.3) is 0 Å². The van der Waals surface area contributed by atoms with Crippen LogP contribution in [0.3, 0.4) is 0 Å². The van der Waals surface area contributed by atoms with Gasteiger partial charge in [-0.15, -0.1) is 0 Å². The lowest BCUT2D eigenvalue weighted by Gasteiger charge is -2.28. The summed E-state index contributed by atoms with van der Waals surface area (Å²) >= 11 is 1.86. The lowest BCUT2D eigenvalue weighted by Crippen LogP contribution is -2.30. The van der Waals surface area contributed by atoms with Crippen LogP contribution in [0.15, 0.2) is 35.2 Å². The Morgan fingerprint density at radius 1 is 1.09 bits per heavy atom.